The molecule has 0 fully saturated rings. The van der Waals surface area contributed by atoms with Crippen LogP contribution in [0.5, 0.6) is 0 Å². The predicted octanol–water partition coefficient (Wildman–Crippen LogP) is 3.46. The van der Waals surface area contributed by atoms with Crippen LogP contribution in [0.25, 0.3) is 0 Å². The summed E-state index contributed by atoms with van der Waals surface area (Å²) in [4.78, 5) is 8.91. The molecule has 84 valence electrons. The lowest BCUT2D eigenvalue weighted by molar-refractivity contribution is 0.475. The third kappa shape index (κ3) is 2.91. The zero-order chi connectivity index (χ0) is 11.6. The average molecular weight is 227 g/mol. The van der Waals surface area contributed by atoms with E-state index < -0.39 is 0 Å². The third-order valence-electron chi connectivity index (χ3n) is 2.64. The molecule has 0 aliphatic rings. The fourth-order valence-corrected chi connectivity index (χ4v) is 2.35. The van der Waals surface area contributed by atoms with Crippen LogP contribution in [-0.2, 0) is 0 Å². The van der Waals surface area contributed by atoms with E-state index in [9.17, 15) is 0 Å². The Kier molecular flexibility index (Phi) is 4.09. The van der Waals surface area contributed by atoms with Gasteiger partial charge in [0.25, 0.3) is 0 Å². The highest BCUT2D eigenvalue weighted by molar-refractivity contribution is 6.20. The molecule has 0 N–H and O–H groups in total. The van der Waals surface area contributed by atoms with Crippen molar-refractivity contribution >= 4 is 11.6 Å². The summed E-state index contributed by atoms with van der Waals surface area (Å²) in [7, 11) is 0. The topological polar surface area (TPSA) is 25.8 Å². The van der Waals surface area contributed by atoms with Gasteiger partial charge in [0.2, 0.25) is 0 Å². The van der Waals surface area contributed by atoms with Crippen LogP contribution in [0.1, 0.15) is 43.8 Å². The Bertz CT molecular complexity index is 326. The quantitative estimate of drug-likeness (QED) is 0.738. The van der Waals surface area contributed by atoms with Crippen LogP contribution in [0.2, 0.25) is 0 Å². The van der Waals surface area contributed by atoms with Crippen molar-refractivity contribution in [1.29, 1.82) is 0 Å². The monoisotopic (exact) mass is 226 g/mol. The van der Waals surface area contributed by atoms with Gasteiger partial charge in [0.05, 0.1) is 17.1 Å². The Balaban J connectivity index is 3.16. The van der Waals surface area contributed by atoms with Gasteiger partial charge in [0.15, 0.2) is 0 Å². The lowest BCUT2D eigenvalue weighted by Crippen LogP contribution is -2.19. The van der Waals surface area contributed by atoms with Crippen LogP contribution in [0.4, 0.5) is 0 Å². The highest BCUT2D eigenvalue weighted by atomic mass is 35.5. The second-order valence-electron chi connectivity index (χ2n) is 4.43. The number of rotatable bonds is 3. The van der Waals surface area contributed by atoms with E-state index >= 15 is 0 Å². The SMILES string of the molecule is Cc1cnc(C)c(C(C(C)C)C(C)Cl)n1. The highest BCUT2D eigenvalue weighted by Crippen LogP contribution is 2.31. The number of hydrogen-bond donors (Lipinski definition) is 0. The van der Waals surface area contributed by atoms with Gasteiger partial charge in [-0.25, -0.2) is 0 Å². The van der Waals surface area contributed by atoms with E-state index in [1.165, 1.54) is 0 Å². The van der Waals surface area contributed by atoms with Gasteiger partial charge in [-0.2, -0.15) is 0 Å². The molecule has 2 atom stereocenters. The molecule has 1 aromatic heterocycles. The Morgan fingerprint density at radius 3 is 2.27 bits per heavy atom. The van der Waals surface area contributed by atoms with Gasteiger partial charge in [-0.15, -0.1) is 11.6 Å². The zero-order valence-corrected chi connectivity index (χ0v) is 10.8. The molecule has 0 radical (unpaired) electrons. The van der Waals surface area contributed by atoms with Crippen LogP contribution in [0.15, 0.2) is 6.20 Å². The van der Waals surface area contributed by atoms with Crippen LogP contribution in [0, 0.1) is 19.8 Å². The lowest BCUT2D eigenvalue weighted by Gasteiger charge is -2.24. The smallest absolute Gasteiger partial charge is 0.0667 e. The first-order valence-corrected chi connectivity index (χ1v) is 5.81. The second kappa shape index (κ2) is 4.93. The van der Waals surface area contributed by atoms with Gasteiger partial charge in [-0.05, 0) is 26.7 Å². The zero-order valence-electron chi connectivity index (χ0n) is 10.1. The first-order valence-electron chi connectivity index (χ1n) is 5.37. The largest absolute Gasteiger partial charge is 0.258 e. The lowest BCUT2D eigenvalue weighted by atomic mass is 9.88. The molecule has 3 heteroatoms. The first-order chi connectivity index (χ1) is 6.93. The second-order valence-corrected chi connectivity index (χ2v) is 5.12. The Morgan fingerprint density at radius 1 is 1.20 bits per heavy atom. The molecule has 0 aliphatic carbocycles. The Hall–Kier alpha value is -0.630. The molecule has 2 unspecified atom stereocenters. The summed E-state index contributed by atoms with van der Waals surface area (Å²) >= 11 is 6.23. The fourth-order valence-electron chi connectivity index (χ4n) is 1.94. The number of hydrogen-bond acceptors (Lipinski definition) is 2. The van der Waals surface area contributed by atoms with Crippen LogP contribution >= 0.6 is 11.6 Å². The van der Waals surface area contributed by atoms with Gasteiger partial charge >= 0.3 is 0 Å². The number of alkyl halides is 1. The molecule has 0 aliphatic heterocycles. The molecule has 0 bridgehead atoms. The summed E-state index contributed by atoms with van der Waals surface area (Å²) in [6, 6.07) is 0. The minimum Gasteiger partial charge on any atom is -0.258 e. The summed E-state index contributed by atoms with van der Waals surface area (Å²) in [6.45, 7) is 10.3. The molecule has 15 heavy (non-hydrogen) atoms. The van der Waals surface area contributed by atoms with E-state index in [1.54, 1.807) is 6.20 Å². The fraction of sp³-hybridized carbons (Fsp3) is 0.667. The van der Waals surface area contributed by atoms with E-state index in [2.05, 4.69) is 23.8 Å². The molecule has 0 saturated carbocycles. The number of nitrogens with zero attached hydrogens (tertiary/aromatic N) is 2. The van der Waals surface area contributed by atoms with Crippen molar-refractivity contribution in [2.24, 2.45) is 5.92 Å². The molecular weight excluding hydrogens is 208 g/mol. The summed E-state index contributed by atoms with van der Waals surface area (Å²) in [5, 5.41) is 0.0831. The van der Waals surface area contributed by atoms with Crippen LogP contribution in [-0.4, -0.2) is 15.3 Å². The number of aromatic nitrogens is 2. The Morgan fingerprint density at radius 2 is 1.80 bits per heavy atom. The summed E-state index contributed by atoms with van der Waals surface area (Å²) in [5.74, 6) is 0.756. The van der Waals surface area contributed by atoms with Crippen LogP contribution in [0.3, 0.4) is 0 Å². The molecule has 0 spiro atoms. The van der Waals surface area contributed by atoms with E-state index in [0.29, 0.717) is 5.92 Å². The Labute approximate surface area is 97.1 Å². The van der Waals surface area contributed by atoms with Crippen molar-refractivity contribution in [3.8, 4) is 0 Å². The summed E-state index contributed by atoms with van der Waals surface area (Å²) < 4.78 is 0. The van der Waals surface area contributed by atoms with E-state index in [1.807, 2.05) is 20.8 Å². The van der Waals surface area contributed by atoms with Gasteiger partial charge in [0.1, 0.15) is 0 Å². The molecule has 1 rings (SSSR count). The molecule has 1 heterocycles. The van der Waals surface area contributed by atoms with E-state index in [4.69, 9.17) is 11.6 Å². The van der Waals surface area contributed by atoms with Crippen molar-refractivity contribution in [2.75, 3.05) is 0 Å². The van der Waals surface area contributed by atoms with E-state index in [-0.39, 0.29) is 11.3 Å². The van der Waals surface area contributed by atoms with Crippen LogP contribution < -0.4 is 0 Å². The molecule has 2 nitrogen and oxygen atoms in total. The summed E-state index contributed by atoms with van der Waals surface area (Å²) in [6.07, 6.45) is 1.80. The van der Waals surface area contributed by atoms with Crippen molar-refractivity contribution < 1.29 is 0 Å². The van der Waals surface area contributed by atoms with Crippen molar-refractivity contribution in [3.63, 3.8) is 0 Å². The standard InChI is InChI=1S/C12H19ClN2/c1-7(2)11(9(4)13)12-10(5)14-6-8(3)15-12/h6-7,9,11H,1-5H3. The minimum atomic E-state index is 0.0831. The maximum Gasteiger partial charge on any atom is 0.0667 e. The van der Waals surface area contributed by atoms with Gasteiger partial charge < -0.3 is 0 Å². The van der Waals surface area contributed by atoms with Gasteiger partial charge in [0, 0.05) is 17.5 Å². The van der Waals surface area contributed by atoms with Gasteiger partial charge in [-0.3, -0.25) is 9.97 Å². The number of aryl methyl sites for hydroxylation is 2. The van der Waals surface area contributed by atoms with Gasteiger partial charge in [-0.1, -0.05) is 13.8 Å². The first kappa shape index (κ1) is 12.4. The normalized spacial score (nSPS) is 15.4. The molecule has 0 amide bonds. The van der Waals surface area contributed by atoms with E-state index in [0.717, 1.165) is 17.1 Å². The maximum absolute atomic E-state index is 6.23. The molecule has 0 saturated heterocycles. The highest BCUT2D eigenvalue weighted by Gasteiger charge is 2.24. The minimum absolute atomic E-state index is 0.0831. The maximum atomic E-state index is 6.23. The summed E-state index contributed by atoms with van der Waals surface area (Å²) in [5.41, 5.74) is 3.00. The number of halogens is 1. The van der Waals surface area contributed by atoms with Crippen molar-refractivity contribution in [3.05, 3.63) is 23.3 Å². The molecular formula is C12H19ClN2. The molecule has 0 aromatic carbocycles. The predicted molar refractivity (Wildman–Crippen MR) is 64.4 cm³/mol. The average Bonchev–Trinajstić information content (AvgIpc) is 2.10. The van der Waals surface area contributed by atoms with Crippen molar-refractivity contribution in [1.82, 2.24) is 9.97 Å². The third-order valence-corrected chi connectivity index (χ3v) is 2.91. The molecule has 1 aromatic rings. The van der Waals surface area contributed by atoms with Crippen molar-refractivity contribution in [2.45, 2.75) is 45.9 Å².